The molecular formula is C14H20N2O. The quantitative estimate of drug-likeness (QED) is 0.735. The molecule has 0 amide bonds. The fourth-order valence-corrected chi connectivity index (χ4v) is 1.55. The second-order valence-electron chi connectivity index (χ2n) is 4.05. The molecule has 1 rings (SSSR count). The van der Waals surface area contributed by atoms with Crippen molar-refractivity contribution in [3.8, 4) is 6.07 Å². The smallest absolute Gasteiger partial charge is 0.101 e. The van der Waals surface area contributed by atoms with Crippen LogP contribution in [0.5, 0.6) is 0 Å². The molecule has 0 aromatic heterocycles. The van der Waals surface area contributed by atoms with Crippen LogP contribution in [-0.2, 0) is 4.74 Å². The van der Waals surface area contributed by atoms with E-state index in [2.05, 4.69) is 18.3 Å². The van der Waals surface area contributed by atoms with Crippen molar-refractivity contribution >= 4 is 5.69 Å². The fraction of sp³-hybridized carbons (Fsp3) is 0.500. The Kier molecular flexibility index (Phi) is 6.13. The molecule has 1 aromatic rings. The number of hydrogen-bond donors (Lipinski definition) is 1. The third kappa shape index (κ3) is 4.88. The standard InChI is InChI=1S/C14H20N2O/c1-3-8-17-9-4-7-16-14-10-12(2)5-6-13(14)11-15/h5-6,10,16H,3-4,7-9H2,1-2H3. The summed E-state index contributed by atoms with van der Waals surface area (Å²) in [7, 11) is 0. The molecule has 0 spiro atoms. The Morgan fingerprint density at radius 3 is 2.88 bits per heavy atom. The molecule has 1 aromatic carbocycles. The fourth-order valence-electron chi connectivity index (χ4n) is 1.55. The van der Waals surface area contributed by atoms with Crippen LogP contribution in [0.15, 0.2) is 18.2 Å². The first-order chi connectivity index (χ1) is 8.27. The summed E-state index contributed by atoms with van der Waals surface area (Å²) in [6.45, 7) is 6.56. The molecular weight excluding hydrogens is 212 g/mol. The summed E-state index contributed by atoms with van der Waals surface area (Å²) in [5.74, 6) is 0. The first-order valence-corrected chi connectivity index (χ1v) is 6.10. The van der Waals surface area contributed by atoms with Crippen LogP contribution < -0.4 is 5.32 Å². The van der Waals surface area contributed by atoms with E-state index in [0.29, 0.717) is 5.56 Å². The lowest BCUT2D eigenvalue weighted by molar-refractivity contribution is 0.134. The molecule has 0 saturated carbocycles. The third-order valence-corrected chi connectivity index (χ3v) is 2.42. The molecule has 0 heterocycles. The molecule has 1 N–H and O–H groups in total. The van der Waals surface area contributed by atoms with Gasteiger partial charge in [-0.3, -0.25) is 0 Å². The van der Waals surface area contributed by atoms with Gasteiger partial charge in [0.15, 0.2) is 0 Å². The molecule has 92 valence electrons. The summed E-state index contributed by atoms with van der Waals surface area (Å²) in [5.41, 5.74) is 2.78. The van der Waals surface area contributed by atoms with Crippen LogP contribution >= 0.6 is 0 Å². The highest BCUT2D eigenvalue weighted by Gasteiger charge is 2.00. The van der Waals surface area contributed by atoms with E-state index >= 15 is 0 Å². The maximum absolute atomic E-state index is 8.97. The van der Waals surface area contributed by atoms with Crippen LogP contribution in [0.25, 0.3) is 0 Å². The van der Waals surface area contributed by atoms with Crippen LogP contribution in [0.4, 0.5) is 5.69 Å². The Hall–Kier alpha value is -1.53. The Balaban J connectivity index is 2.36. The van der Waals surface area contributed by atoms with E-state index in [9.17, 15) is 0 Å². The summed E-state index contributed by atoms with van der Waals surface area (Å²) >= 11 is 0. The molecule has 0 aliphatic rings. The molecule has 3 heteroatoms. The van der Waals surface area contributed by atoms with Gasteiger partial charge in [0.25, 0.3) is 0 Å². The van der Waals surface area contributed by atoms with Gasteiger partial charge in [0.1, 0.15) is 6.07 Å². The first-order valence-electron chi connectivity index (χ1n) is 6.10. The van der Waals surface area contributed by atoms with Crippen molar-refractivity contribution < 1.29 is 4.74 Å². The minimum atomic E-state index is 0.699. The van der Waals surface area contributed by atoms with Crippen LogP contribution in [0.3, 0.4) is 0 Å². The Labute approximate surface area is 103 Å². The normalized spacial score (nSPS) is 9.94. The van der Waals surface area contributed by atoms with Crippen molar-refractivity contribution in [3.05, 3.63) is 29.3 Å². The molecule has 0 bridgehead atoms. The highest BCUT2D eigenvalue weighted by Crippen LogP contribution is 2.16. The van der Waals surface area contributed by atoms with Crippen molar-refractivity contribution in [2.45, 2.75) is 26.7 Å². The molecule has 0 atom stereocenters. The van der Waals surface area contributed by atoms with Gasteiger partial charge in [-0.05, 0) is 37.5 Å². The summed E-state index contributed by atoms with van der Waals surface area (Å²) in [5, 5.41) is 12.2. The van der Waals surface area contributed by atoms with E-state index in [-0.39, 0.29) is 0 Å². The molecule has 0 aliphatic carbocycles. The maximum Gasteiger partial charge on any atom is 0.101 e. The summed E-state index contributed by atoms with van der Waals surface area (Å²) in [6, 6.07) is 8.00. The average Bonchev–Trinajstić information content (AvgIpc) is 2.34. The molecule has 0 unspecified atom stereocenters. The van der Waals surface area contributed by atoms with Crippen LogP contribution in [0.2, 0.25) is 0 Å². The van der Waals surface area contributed by atoms with E-state index in [1.54, 1.807) is 0 Å². The predicted octanol–water partition coefficient (Wildman–Crippen LogP) is 3.10. The first kappa shape index (κ1) is 13.5. The van der Waals surface area contributed by atoms with Crippen molar-refractivity contribution in [1.29, 1.82) is 5.26 Å². The number of nitrogens with one attached hydrogen (secondary N) is 1. The number of rotatable bonds is 7. The molecule has 0 radical (unpaired) electrons. The largest absolute Gasteiger partial charge is 0.384 e. The van der Waals surface area contributed by atoms with Gasteiger partial charge in [0.05, 0.1) is 11.3 Å². The monoisotopic (exact) mass is 232 g/mol. The van der Waals surface area contributed by atoms with Gasteiger partial charge >= 0.3 is 0 Å². The molecule has 0 aliphatic heterocycles. The summed E-state index contributed by atoms with van der Waals surface area (Å²) in [4.78, 5) is 0. The Bertz CT molecular complexity index is 382. The van der Waals surface area contributed by atoms with Crippen LogP contribution in [-0.4, -0.2) is 19.8 Å². The van der Waals surface area contributed by atoms with E-state index in [1.807, 2.05) is 25.1 Å². The van der Waals surface area contributed by atoms with E-state index in [1.165, 1.54) is 0 Å². The highest BCUT2D eigenvalue weighted by atomic mass is 16.5. The zero-order valence-corrected chi connectivity index (χ0v) is 10.6. The lowest BCUT2D eigenvalue weighted by Crippen LogP contribution is -2.07. The zero-order valence-electron chi connectivity index (χ0n) is 10.6. The topological polar surface area (TPSA) is 45.0 Å². The van der Waals surface area contributed by atoms with Crippen molar-refractivity contribution in [2.75, 3.05) is 25.1 Å². The molecule has 17 heavy (non-hydrogen) atoms. The number of ether oxygens (including phenoxy) is 1. The van der Waals surface area contributed by atoms with E-state index < -0.39 is 0 Å². The second kappa shape index (κ2) is 7.70. The van der Waals surface area contributed by atoms with Crippen LogP contribution in [0, 0.1) is 18.3 Å². The van der Waals surface area contributed by atoms with Crippen molar-refractivity contribution in [3.63, 3.8) is 0 Å². The Morgan fingerprint density at radius 2 is 2.18 bits per heavy atom. The average molecular weight is 232 g/mol. The molecule has 0 fully saturated rings. The van der Waals surface area contributed by atoms with Crippen molar-refractivity contribution in [2.24, 2.45) is 0 Å². The van der Waals surface area contributed by atoms with E-state index in [4.69, 9.17) is 10.00 Å². The molecule has 0 saturated heterocycles. The number of nitriles is 1. The Morgan fingerprint density at radius 1 is 1.35 bits per heavy atom. The van der Waals surface area contributed by atoms with Gasteiger partial charge < -0.3 is 10.1 Å². The number of benzene rings is 1. The lowest BCUT2D eigenvalue weighted by atomic mass is 10.1. The van der Waals surface area contributed by atoms with Gasteiger partial charge in [-0.15, -0.1) is 0 Å². The number of aryl methyl sites for hydroxylation is 1. The lowest BCUT2D eigenvalue weighted by Gasteiger charge is -2.09. The van der Waals surface area contributed by atoms with Gasteiger partial charge in [0.2, 0.25) is 0 Å². The van der Waals surface area contributed by atoms with Gasteiger partial charge in [-0.1, -0.05) is 13.0 Å². The molecule has 3 nitrogen and oxygen atoms in total. The summed E-state index contributed by atoms with van der Waals surface area (Å²) in [6.07, 6.45) is 2.02. The number of nitrogens with zero attached hydrogens (tertiary/aromatic N) is 1. The van der Waals surface area contributed by atoms with Crippen LogP contribution in [0.1, 0.15) is 30.9 Å². The third-order valence-electron chi connectivity index (χ3n) is 2.42. The minimum absolute atomic E-state index is 0.699. The van der Waals surface area contributed by atoms with Gasteiger partial charge in [0, 0.05) is 19.8 Å². The zero-order chi connectivity index (χ0) is 12.5. The summed E-state index contributed by atoms with van der Waals surface area (Å²) < 4.78 is 5.40. The van der Waals surface area contributed by atoms with Gasteiger partial charge in [-0.25, -0.2) is 0 Å². The predicted molar refractivity (Wildman–Crippen MR) is 70.1 cm³/mol. The minimum Gasteiger partial charge on any atom is -0.384 e. The second-order valence-corrected chi connectivity index (χ2v) is 4.05. The maximum atomic E-state index is 8.97. The van der Waals surface area contributed by atoms with Crippen molar-refractivity contribution in [1.82, 2.24) is 0 Å². The van der Waals surface area contributed by atoms with E-state index in [0.717, 1.165) is 43.9 Å². The highest BCUT2D eigenvalue weighted by molar-refractivity contribution is 5.58. The number of hydrogen-bond acceptors (Lipinski definition) is 3. The SMILES string of the molecule is CCCOCCCNc1cc(C)ccc1C#N. The number of anilines is 1. The van der Waals surface area contributed by atoms with Gasteiger partial charge in [-0.2, -0.15) is 5.26 Å².